The molecule has 3 rings (SSSR count). The molecule has 1 saturated carbocycles. The van der Waals surface area contributed by atoms with E-state index in [9.17, 15) is 9.59 Å². The van der Waals surface area contributed by atoms with Crippen molar-refractivity contribution >= 4 is 28.3 Å². The smallest absolute Gasteiger partial charge is 0.350 e. The predicted molar refractivity (Wildman–Crippen MR) is 98.7 cm³/mol. The predicted octanol–water partition coefficient (Wildman–Crippen LogP) is 4.51. The van der Waals surface area contributed by atoms with Crippen LogP contribution in [-0.4, -0.2) is 23.5 Å². The fourth-order valence-corrected chi connectivity index (χ4v) is 3.96. The van der Waals surface area contributed by atoms with Crippen LogP contribution < -0.4 is 5.32 Å². The Morgan fingerprint density at radius 1 is 1.20 bits per heavy atom. The van der Waals surface area contributed by atoms with E-state index >= 15 is 0 Å². The molecule has 1 fully saturated rings. The van der Waals surface area contributed by atoms with Crippen LogP contribution in [-0.2, 0) is 9.53 Å². The van der Waals surface area contributed by atoms with Crippen LogP contribution in [0.2, 0.25) is 0 Å². The molecule has 5 nitrogen and oxygen atoms in total. The van der Waals surface area contributed by atoms with E-state index in [1.807, 2.05) is 30.3 Å². The Labute approximate surface area is 151 Å². The third-order valence-electron chi connectivity index (χ3n) is 4.34. The van der Waals surface area contributed by atoms with Gasteiger partial charge < -0.3 is 10.1 Å². The van der Waals surface area contributed by atoms with Gasteiger partial charge in [-0.05, 0) is 19.8 Å². The van der Waals surface area contributed by atoms with Gasteiger partial charge in [-0.2, -0.15) is 0 Å². The zero-order chi connectivity index (χ0) is 17.6. The number of nitrogens with one attached hydrogen (secondary N) is 1. The third-order valence-corrected chi connectivity index (χ3v) is 5.29. The maximum atomic E-state index is 12.5. The molecule has 0 radical (unpaired) electrons. The molecule has 1 aromatic carbocycles. The van der Waals surface area contributed by atoms with E-state index in [1.54, 1.807) is 6.92 Å². The number of carbonyl (C=O) groups is 2. The number of ether oxygens (including phenoxy) is 1. The van der Waals surface area contributed by atoms with Crippen molar-refractivity contribution in [2.24, 2.45) is 5.92 Å². The Bertz CT molecular complexity index is 736. The van der Waals surface area contributed by atoms with Crippen LogP contribution in [0, 0.1) is 5.92 Å². The number of amides is 1. The van der Waals surface area contributed by atoms with Crippen molar-refractivity contribution in [1.29, 1.82) is 0 Å². The number of aromatic nitrogens is 1. The van der Waals surface area contributed by atoms with Crippen LogP contribution in [0.3, 0.4) is 0 Å². The summed E-state index contributed by atoms with van der Waals surface area (Å²) >= 11 is 1.18. The topological polar surface area (TPSA) is 68.3 Å². The molecule has 0 bridgehead atoms. The van der Waals surface area contributed by atoms with E-state index in [0.29, 0.717) is 22.3 Å². The molecule has 1 aliphatic carbocycles. The molecule has 0 aliphatic heterocycles. The minimum atomic E-state index is -0.406. The summed E-state index contributed by atoms with van der Waals surface area (Å²) in [5, 5.41) is 3.36. The summed E-state index contributed by atoms with van der Waals surface area (Å²) in [6.07, 6.45) is 5.24. The SMILES string of the molecule is CCOC(=O)c1sc(NC(=O)C2CCCCC2)nc1-c1ccccc1. The third kappa shape index (κ3) is 4.25. The van der Waals surface area contributed by atoms with E-state index < -0.39 is 5.97 Å². The number of anilines is 1. The monoisotopic (exact) mass is 358 g/mol. The Morgan fingerprint density at radius 3 is 2.60 bits per heavy atom. The lowest BCUT2D eigenvalue weighted by Gasteiger charge is -2.19. The Morgan fingerprint density at radius 2 is 1.92 bits per heavy atom. The molecule has 132 valence electrons. The van der Waals surface area contributed by atoms with Gasteiger partial charge in [0.2, 0.25) is 5.91 Å². The summed E-state index contributed by atoms with van der Waals surface area (Å²) < 4.78 is 5.14. The number of hydrogen-bond acceptors (Lipinski definition) is 5. The van der Waals surface area contributed by atoms with Crippen molar-refractivity contribution in [3.05, 3.63) is 35.2 Å². The molecule has 0 spiro atoms. The second-order valence-electron chi connectivity index (χ2n) is 6.11. The normalized spacial score (nSPS) is 14.9. The summed E-state index contributed by atoms with van der Waals surface area (Å²) in [5.41, 5.74) is 1.39. The summed E-state index contributed by atoms with van der Waals surface area (Å²) in [7, 11) is 0. The van der Waals surface area contributed by atoms with Crippen molar-refractivity contribution < 1.29 is 14.3 Å². The Balaban J connectivity index is 1.85. The molecule has 2 aromatic rings. The molecule has 1 aromatic heterocycles. The molecule has 25 heavy (non-hydrogen) atoms. The van der Waals surface area contributed by atoms with Gasteiger partial charge in [0.1, 0.15) is 4.88 Å². The largest absolute Gasteiger partial charge is 0.462 e. The van der Waals surface area contributed by atoms with Gasteiger partial charge in [-0.3, -0.25) is 4.79 Å². The van der Waals surface area contributed by atoms with E-state index in [1.165, 1.54) is 17.8 Å². The van der Waals surface area contributed by atoms with Gasteiger partial charge in [0.25, 0.3) is 0 Å². The molecule has 0 unspecified atom stereocenters. The number of hydrogen-bond donors (Lipinski definition) is 1. The Kier molecular flexibility index (Phi) is 5.81. The first kappa shape index (κ1) is 17.6. The van der Waals surface area contributed by atoms with Crippen LogP contribution in [0.15, 0.2) is 30.3 Å². The standard InChI is InChI=1S/C19H22N2O3S/c1-2-24-18(23)16-15(13-9-5-3-6-10-13)20-19(25-16)21-17(22)14-11-7-4-8-12-14/h3,5-6,9-10,14H,2,4,7-8,11-12H2,1H3,(H,20,21,22). The molecular formula is C19H22N2O3S. The molecule has 1 heterocycles. The lowest BCUT2D eigenvalue weighted by molar-refractivity contribution is -0.120. The van der Waals surface area contributed by atoms with Crippen molar-refractivity contribution in [1.82, 2.24) is 4.98 Å². The van der Waals surface area contributed by atoms with Gasteiger partial charge in [-0.1, -0.05) is 60.9 Å². The van der Waals surface area contributed by atoms with Crippen LogP contribution >= 0.6 is 11.3 Å². The van der Waals surface area contributed by atoms with Crippen LogP contribution in [0.25, 0.3) is 11.3 Å². The second kappa shape index (κ2) is 8.25. The zero-order valence-electron chi connectivity index (χ0n) is 14.3. The first-order chi connectivity index (χ1) is 12.2. The quantitative estimate of drug-likeness (QED) is 0.799. The van der Waals surface area contributed by atoms with Crippen molar-refractivity contribution in [2.45, 2.75) is 39.0 Å². The number of benzene rings is 1. The van der Waals surface area contributed by atoms with Crippen LogP contribution in [0.5, 0.6) is 0 Å². The number of thiazole rings is 1. The molecule has 1 N–H and O–H groups in total. The average molecular weight is 358 g/mol. The number of nitrogens with zero attached hydrogens (tertiary/aromatic N) is 1. The maximum absolute atomic E-state index is 12.5. The minimum Gasteiger partial charge on any atom is -0.462 e. The average Bonchev–Trinajstić information content (AvgIpc) is 3.07. The van der Waals surface area contributed by atoms with Crippen molar-refractivity contribution in [3.8, 4) is 11.3 Å². The summed E-state index contributed by atoms with van der Waals surface area (Å²) in [4.78, 5) is 29.7. The molecule has 1 aliphatic rings. The van der Waals surface area contributed by atoms with Crippen molar-refractivity contribution in [2.75, 3.05) is 11.9 Å². The first-order valence-electron chi connectivity index (χ1n) is 8.73. The van der Waals surface area contributed by atoms with Crippen LogP contribution in [0.1, 0.15) is 48.7 Å². The molecule has 6 heteroatoms. The van der Waals surface area contributed by atoms with E-state index in [0.717, 1.165) is 31.2 Å². The highest BCUT2D eigenvalue weighted by Gasteiger charge is 2.25. The van der Waals surface area contributed by atoms with Gasteiger partial charge in [0.15, 0.2) is 5.13 Å². The fourth-order valence-electron chi connectivity index (χ4n) is 3.07. The highest BCUT2D eigenvalue weighted by atomic mass is 32.1. The molecule has 1 amide bonds. The highest BCUT2D eigenvalue weighted by Crippen LogP contribution is 2.33. The van der Waals surface area contributed by atoms with Crippen molar-refractivity contribution in [3.63, 3.8) is 0 Å². The van der Waals surface area contributed by atoms with E-state index in [4.69, 9.17) is 4.74 Å². The number of esters is 1. The first-order valence-corrected chi connectivity index (χ1v) is 9.55. The number of rotatable bonds is 5. The van der Waals surface area contributed by atoms with Gasteiger partial charge >= 0.3 is 5.97 Å². The fraction of sp³-hybridized carbons (Fsp3) is 0.421. The van der Waals surface area contributed by atoms with Gasteiger partial charge in [0, 0.05) is 11.5 Å². The van der Waals surface area contributed by atoms with E-state index in [2.05, 4.69) is 10.3 Å². The Hall–Kier alpha value is -2.21. The summed E-state index contributed by atoms with van der Waals surface area (Å²) in [6, 6.07) is 9.48. The van der Waals surface area contributed by atoms with Gasteiger partial charge in [-0.15, -0.1) is 0 Å². The maximum Gasteiger partial charge on any atom is 0.350 e. The van der Waals surface area contributed by atoms with E-state index in [-0.39, 0.29) is 11.8 Å². The summed E-state index contributed by atoms with van der Waals surface area (Å²) in [6.45, 7) is 2.07. The second-order valence-corrected chi connectivity index (χ2v) is 7.11. The lowest BCUT2D eigenvalue weighted by Crippen LogP contribution is -2.24. The minimum absolute atomic E-state index is 0.00321. The molecule has 0 atom stereocenters. The van der Waals surface area contributed by atoms with Crippen LogP contribution in [0.4, 0.5) is 5.13 Å². The lowest BCUT2D eigenvalue weighted by atomic mass is 9.89. The summed E-state index contributed by atoms with van der Waals surface area (Å²) in [5.74, 6) is -0.357. The zero-order valence-corrected chi connectivity index (χ0v) is 15.1. The van der Waals surface area contributed by atoms with Gasteiger partial charge in [0.05, 0.1) is 12.3 Å². The molecule has 0 saturated heterocycles. The highest BCUT2D eigenvalue weighted by molar-refractivity contribution is 7.18. The number of carbonyl (C=O) groups excluding carboxylic acids is 2. The van der Waals surface area contributed by atoms with Gasteiger partial charge in [-0.25, -0.2) is 9.78 Å². The molecular weight excluding hydrogens is 336 g/mol.